The summed E-state index contributed by atoms with van der Waals surface area (Å²) in [6.07, 6.45) is -4.70. The summed E-state index contributed by atoms with van der Waals surface area (Å²) in [7, 11) is 0. The molecule has 0 aliphatic rings. The number of aliphatic carboxylic acids is 1. The van der Waals surface area contributed by atoms with E-state index in [0.717, 1.165) is 0 Å². The third kappa shape index (κ3) is 5.90. The van der Waals surface area contributed by atoms with Gasteiger partial charge in [0, 0.05) is 10.7 Å². The van der Waals surface area contributed by atoms with Crippen LogP contribution in [0.3, 0.4) is 0 Å². The molecule has 116 valence electrons. The van der Waals surface area contributed by atoms with Crippen molar-refractivity contribution in [2.75, 3.05) is 18.4 Å². The van der Waals surface area contributed by atoms with E-state index in [1.54, 1.807) is 19.1 Å². The maximum atomic E-state index is 12.4. The predicted molar refractivity (Wildman–Crippen MR) is 70.5 cm³/mol. The Morgan fingerprint density at radius 2 is 2.00 bits per heavy atom. The van der Waals surface area contributed by atoms with Crippen LogP contribution in [-0.2, 0) is 4.79 Å². The molecule has 0 bridgehead atoms. The van der Waals surface area contributed by atoms with Crippen molar-refractivity contribution in [3.8, 4) is 0 Å². The molecule has 0 atom stereocenters. The smallest absolute Gasteiger partial charge is 0.406 e. The molecule has 0 aliphatic carbocycles. The first-order valence-electron chi connectivity index (χ1n) is 5.69. The number of anilines is 1. The fourth-order valence-electron chi connectivity index (χ4n) is 1.50. The molecule has 0 aliphatic heterocycles. The van der Waals surface area contributed by atoms with Gasteiger partial charge in [-0.3, -0.25) is 4.79 Å². The van der Waals surface area contributed by atoms with Crippen LogP contribution < -0.4 is 5.32 Å². The number of halogens is 4. The van der Waals surface area contributed by atoms with Crippen molar-refractivity contribution in [3.63, 3.8) is 0 Å². The largest absolute Gasteiger partial charge is 0.480 e. The summed E-state index contributed by atoms with van der Waals surface area (Å²) in [5, 5.41) is 11.1. The van der Waals surface area contributed by atoms with E-state index in [4.69, 9.17) is 16.7 Å². The second-order valence-electron chi connectivity index (χ2n) is 4.25. The topological polar surface area (TPSA) is 69.6 Å². The zero-order valence-corrected chi connectivity index (χ0v) is 11.6. The van der Waals surface area contributed by atoms with Crippen LogP contribution in [0.5, 0.6) is 0 Å². The maximum absolute atomic E-state index is 12.4. The Hall–Kier alpha value is -1.96. The van der Waals surface area contributed by atoms with E-state index < -0.39 is 31.3 Å². The van der Waals surface area contributed by atoms with Gasteiger partial charge in [0.05, 0.1) is 0 Å². The number of nitrogens with one attached hydrogen (secondary N) is 1. The molecule has 21 heavy (non-hydrogen) atoms. The molecule has 0 unspecified atom stereocenters. The zero-order chi connectivity index (χ0) is 16.2. The first kappa shape index (κ1) is 17.1. The summed E-state index contributed by atoms with van der Waals surface area (Å²) >= 11 is 5.73. The van der Waals surface area contributed by atoms with Crippen LogP contribution in [0, 0.1) is 6.92 Å². The van der Waals surface area contributed by atoms with Crippen molar-refractivity contribution in [1.29, 1.82) is 0 Å². The first-order valence-corrected chi connectivity index (χ1v) is 6.07. The average Bonchev–Trinajstić information content (AvgIpc) is 2.30. The Morgan fingerprint density at radius 1 is 1.38 bits per heavy atom. The van der Waals surface area contributed by atoms with E-state index >= 15 is 0 Å². The van der Waals surface area contributed by atoms with Gasteiger partial charge < -0.3 is 15.3 Å². The molecule has 0 radical (unpaired) electrons. The number of rotatable bonds is 4. The van der Waals surface area contributed by atoms with Crippen LogP contribution in [0.15, 0.2) is 18.2 Å². The van der Waals surface area contributed by atoms with Crippen molar-refractivity contribution in [2.45, 2.75) is 13.1 Å². The molecule has 1 aromatic rings. The number of hydrogen-bond donors (Lipinski definition) is 2. The Bertz CT molecular complexity index is 549. The molecule has 2 amide bonds. The summed E-state index contributed by atoms with van der Waals surface area (Å²) in [4.78, 5) is 22.5. The summed E-state index contributed by atoms with van der Waals surface area (Å²) in [5.41, 5.74) is 0.792. The van der Waals surface area contributed by atoms with E-state index in [0.29, 0.717) is 5.56 Å². The molecule has 1 aromatic carbocycles. The zero-order valence-electron chi connectivity index (χ0n) is 10.9. The maximum Gasteiger partial charge on any atom is 0.406 e. The van der Waals surface area contributed by atoms with E-state index in [1.165, 1.54) is 6.07 Å². The molecule has 0 saturated carbocycles. The molecule has 0 aromatic heterocycles. The Kier molecular flexibility index (Phi) is 5.42. The number of carbonyl (C=O) groups excluding carboxylic acids is 1. The third-order valence-corrected chi connectivity index (χ3v) is 2.66. The van der Waals surface area contributed by atoms with Gasteiger partial charge >= 0.3 is 18.2 Å². The summed E-state index contributed by atoms with van der Waals surface area (Å²) in [6.45, 7) is -1.10. The lowest BCUT2D eigenvalue weighted by molar-refractivity contribution is -0.148. The Labute approximate surface area is 123 Å². The van der Waals surface area contributed by atoms with Crippen molar-refractivity contribution in [1.82, 2.24) is 4.90 Å². The number of carboxylic acids is 1. The number of urea groups is 1. The van der Waals surface area contributed by atoms with Gasteiger partial charge in [0.2, 0.25) is 0 Å². The molecular weight excluding hydrogens is 313 g/mol. The quantitative estimate of drug-likeness (QED) is 0.894. The van der Waals surface area contributed by atoms with Crippen molar-refractivity contribution < 1.29 is 27.9 Å². The lowest BCUT2D eigenvalue weighted by atomic mass is 10.2. The summed E-state index contributed by atoms with van der Waals surface area (Å²) in [5.74, 6) is -1.54. The number of alkyl halides is 3. The monoisotopic (exact) mass is 324 g/mol. The number of carbonyl (C=O) groups is 2. The molecule has 2 N–H and O–H groups in total. The van der Waals surface area contributed by atoms with E-state index in [-0.39, 0.29) is 15.6 Å². The van der Waals surface area contributed by atoms with Gasteiger partial charge in [-0.25, -0.2) is 4.79 Å². The molecule has 0 spiro atoms. The first-order chi connectivity index (χ1) is 9.58. The van der Waals surface area contributed by atoms with Gasteiger partial charge in [-0.1, -0.05) is 17.7 Å². The van der Waals surface area contributed by atoms with Gasteiger partial charge in [0.25, 0.3) is 0 Å². The standard InChI is InChI=1S/C12H12ClF3N2O3/c1-7-2-3-8(13)4-9(7)17-11(21)18(5-10(19)20)6-12(14,15)16/h2-4H,5-6H2,1H3,(H,17,21)(H,19,20). The van der Waals surface area contributed by atoms with Gasteiger partial charge in [-0.15, -0.1) is 0 Å². The lowest BCUT2D eigenvalue weighted by Crippen LogP contribution is -2.44. The number of carboxylic acid groups (broad SMARTS) is 1. The third-order valence-electron chi connectivity index (χ3n) is 2.42. The van der Waals surface area contributed by atoms with Gasteiger partial charge in [0.1, 0.15) is 13.1 Å². The van der Waals surface area contributed by atoms with Crippen LogP contribution in [-0.4, -0.2) is 41.3 Å². The molecule has 1 rings (SSSR count). The fourth-order valence-corrected chi connectivity index (χ4v) is 1.67. The van der Waals surface area contributed by atoms with E-state index in [1.807, 2.05) is 0 Å². The normalized spacial score (nSPS) is 11.1. The van der Waals surface area contributed by atoms with Gasteiger partial charge in [0.15, 0.2) is 0 Å². The molecule has 0 saturated heterocycles. The van der Waals surface area contributed by atoms with E-state index in [2.05, 4.69) is 5.32 Å². The number of hydrogen-bond acceptors (Lipinski definition) is 2. The number of nitrogens with zero attached hydrogens (tertiary/aromatic N) is 1. The lowest BCUT2D eigenvalue weighted by Gasteiger charge is -2.23. The van der Waals surface area contributed by atoms with Crippen molar-refractivity contribution in [3.05, 3.63) is 28.8 Å². The highest BCUT2D eigenvalue weighted by Crippen LogP contribution is 2.22. The fraction of sp³-hybridized carbons (Fsp3) is 0.333. The van der Waals surface area contributed by atoms with E-state index in [9.17, 15) is 22.8 Å². The highest BCUT2D eigenvalue weighted by atomic mass is 35.5. The van der Waals surface area contributed by atoms with Gasteiger partial charge in [-0.2, -0.15) is 13.2 Å². The van der Waals surface area contributed by atoms with Crippen LogP contribution in [0.4, 0.5) is 23.7 Å². The Morgan fingerprint density at radius 3 is 2.52 bits per heavy atom. The summed E-state index contributed by atoms with van der Waals surface area (Å²) < 4.78 is 37.1. The molecular formula is C12H12ClF3N2O3. The van der Waals surface area contributed by atoms with Crippen molar-refractivity contribution in [2.24, 2.45) is 0 Å². The highest BCUT2D eigenvalue weighted by Gasteiger charge is 2.34. The van der Waals surface area contributed by atoms with Gasteiger partial charge in [-0.05, 0) is 24.6 Å². The minimum Gasteiger partial charge on any atom is -0.480 e. The minimum absolute atomic E-state index is 0.155. The molecule has 9 heteroatoms. The second kappa shape index (κ2) is 6.66. The minimum atomic E-state index is -4.70. The second-order valence-corrected chi connectivity index (χ2v) is 4.69. The van der Waals surface area contributed by atoms with Crippen molar-refractivity contribution >= 4 is 29.3 Å². The molecule has 0 heterocycles. The number of benzene rings is 1. The average molecular weight is 325 g/mol. The van der Waals surface area contributed by atoms with Crippen LogP contribution >= 0.6 is 11.6 Å². The summed E-state index contributed by atoms with van der Waals surface area (Å²) in [6, 6.07) is 3.32. The molecule has 5 nitrogen and oxygen atoms in total. The van der Waals surface area contributed by atoms with Crippen LogP contribution in [0.25, 0.3) is 0 Å². The predicted octanol–water partition coefficient (Wildman–Crippen LogP) is 3.13. The number of amides is 2. The van der Waals surface area contributed by atoms with Crippen LogP contribution in [0.1, 0.15) is 5.56 Å². The highest BCUT2D eigenvalue weighted by molar-refractivity contribution is 6.31. The molecule has 0 fully saturated rings. The Balaban J connectivity index is 2.89. The SMILES string of the molecule is Cc1ccc(Cl)cc1NC(=O)N(CC(=O)O)CC(F)(F)F. The number of aryl methyl sites for hydroxylation is 1. The van der Waals surface area contributed by atoms with Crippen LogP contribution in [0.2, 0.25) is 5.02 Å².